The maximum atomic E-state index is 12.4. The summed E-state index contributed by atoms with van der Waals surface area (Å²) in [7, 11) is 0. The number of anilines is 1. The van der Waals surface area contributed by atoms with Gasteiger partial charge < -0.3 is 15.4 Å². The molecule has 0 unspecified atom stereocenters. The summed E-state index contributed by atoms with van der Waals surface area (Å²) in [6.45, 7) is 5.08. The molecule has 0 saturated heterocycles. The highest BCUT2D eigenvalue weighted by atomic mass is 32.1. The van der Waals surface area contributed by atoms with E-state index in [-0.39, 0.29) is 24.2 Å². The topological polar surface area (TPSA) is 80.3 Å². The summed E-state index contributed by atoms with van der Waals surface area (Å²) >= 11 is 1.32. The number of amides is 2. The average molecular weight is 438 g/mol. The van der Waals surface area contributed by atoms with E-state index in [0.717, 1.165) is 16.7 Å². The minimum Gasteiger partial charge on any atom is -0.372 e. The fourth-order valence-corrected chi connectivity index (χ4v) is 3.55. The minimum absolute atomic E-state index is 0.0866. The molecule has 0 aliphatic rings. The Kier molecular flexibility index (Phi) is 8.32. The van der Waals surface area contributed by atoms with Gasteiger partial charge in [0.25, 0.3) is 0 Å². The molecule has 7 heteroatoms. The Morgan fingerprint density at radius 2 is 1.71 bits per heavy atom. The molecule has 2 aromatic carbocycles. The van der Waals surface area contributed by atoms with Crippen LogP contribution >= 0.6 is 11.3 Å². The van der Waals surface area contributed by atoms with Gasteiger partial charge in [-0.25, -0.2) is 4.98 Å². The summed E-state index contributed by atoms with van der Waals surface area (Å²) in [6, 6.07) is 17.9. The van der Waals surface area contributed by atoms with Gasteiger partial charge in [0.05, 0.1) is 25.3 Å². The first kappa shape index (κ1) is 22.7. The lowest BCUT2D eigenvalue weighted by Gasteiger charge is -2.11. The summed E-state index contributed by atoms with van der Waals surface area (Å²) in [5, 5.41) is 8.01. The minimum atomic E-state index is -0.118. The molecule has 0 aliphatic carbocycles. The van der Waals surface area contributed by atoms with Gasteiger partial charge in [-0.05, 0) is 16.7 Å². The first-order valence-corrected chi connectivity index (χ1v) is 11.1. The third-order valence-corrected chi connectivity index (χ3v) is 5.42. The molecular weight excluding hydrogens is 410 g/mol. The summed E-state index contributed by atoms with van der Waals surface area (Å²) in [5.41, 5.74) is 3.83. The van der Waals surface area contributed by atoms with E-state index < -0.39 is 0 Å². The molecule has 0 aliphatic heterocycles. The molecule has 0 saturated carbocycles. The number of aromatic nitrogens is 1. The lowest BCUT2D eigenvalue weighted by atomic mass is 10.1. The maximum Gasteiger partial charge on any atom is 0.228 e. The number of carbonyl (C=O) groups is 2. The van der Waals surface area contributed by atoms with Crippen molar-refractivity contribution in [3.8, 4) is 0 Å². The van der Waals surface area contributed by atoms with Crippen LogP contribution in [0.3, 0.4) is 0 Å². The van der Waals surface area contributed by atoms with E-state index >= 15 is 0 Å². The zero-order valence-corrected chi connectivity index (χ0v) is 18.6. The number of rotatable bonds is 10. The molecule has 162 valence electrons. The van der Waals surface area contributed by atoms with Gasteiger partial charge in [-0.3, -0.25) is 9.59 Å². The SMILES string of the molecule is CC(C)C(=O)Nc1nc(CC(=O)NCc2ccccc2COCc2ccccc2)cs1. The molecular formula is C24H27N3O3S. The molecule has 1 aromatic heterocycles. The first-order chi connectivity index (χ1) is 15.0. The fraction of sp³-hybridized carbons (Fsp3) is 0.292. The van der Waals surface area contributed by atoms with Crippen molar-refractivity contribution in [1.82, 2.24) is 10.3 Å². The molecule has 0 bridgehead atoms. The monoisotopic (exact) mass is 437 g/mol. The third kappa shape index (κ3) is 7.31. The van der Waals surface area contributed by atoms with E-state index in [0.29, 0.717) is 30.6 Å². The second-order valence-corrected chi connectivity index (χ2v) is 8.35. The zero-order chi connectivity index (χ0) is 22.1. The van der Waals surface area contributed by atoms with E-state index in [9.17, 15) is 9.59 Å². The van der Waals surface area contributed by atoms with Crippen LogP contribution in [0.25, 0.3) is 0 Å². The van der Waals surface area contributed by atoms with Crippen molar-refractivity contribution in [2.24, 2.45) is 5.92 Å². The van der Waals surface area contributed by atoms with E-state index in [1.165, 1.54) is 11.3 Å². The smallest absolute Gasteiger partial charge is 0.228 e. The van der Waals surface area contributed by atoms with Crippen LogP contribution in [0.5, 0.6) is 0 Å². The number of hydrogen-bond donors (Lipinski definition) is 2. The molecule has 6 nitrogen and oxygen atoms in total. The maximum absolute atomic E-state index is 12.4. The Bertz CT molecular complexity index is 1000. The number of benzene rings is 2. The predicted molar refractivity (Wildman–Crippen MR) is 123 cm³/mol. The summed E-state index contributed by atoms with van der Waals surface area (Å²) in [6.07, 6.45) is 0.167. The van der Waals surface area contributed by atoms with Crippen molar-refractivity contribution in [2.75, 3.05) is 5.32 Å². The molecule has 0 spiro atoms. The highest BCUT2D eigenvalue weighted by Crippen LogP contribution is 2.17. The third-order valence-electron chi connectivity index (χ3n) is 4.61. The van der Waals surface area contributed by atoms with Gasteiger partial charge in [-0.15, -0.1) is 11.3 Å². The Morgan fingerprint density at radius 1 is 1.00 bits per heavy atom. The normalized spacial score (nSPS) is 10.8. The quantitative estimate of drug-likeness (QED) is 0.495. The van der Waals surface area contributed by atoms with Crippen LogP contribution in [0, 0.1) is 5.92 Å². The Morgan fingerprint density at radius 3 is 2.45 bits per heavy atom. The Balaban J connectivity index is 1.48. The molecule has 2 N–H and O–H groups in total. The van der Waals surface area contributed by atoms with Gasteiger partial charge >= 0.3 is 0 Å². The van der Waals surface area contributed by atoms with Crippen molar-refractivity contribution in [3.63, 3.8) is 0 Å². The van der Waals surface area contributed by atoms with Gasteiger partial charge in [-0.1, -0.05) is 68.4 Å². The molecule has 3 rings (SSSR count). The number of ether oxygens (including phenoxy) is 1. The highest BCUT2D eigenvalue weighted by molar-refractivity contribution is 7.13. The Labute approximate surface area is 186 Å². The van der Waals surface area contributed by atoms with Crippen LogP contribution < -0.4 is 10.6 Å². The van der Waals surface area contributed by atoms with Crippen LogP contribution in [0.1, 0.15) is 36.2 Å². The molecule has 1 heterocycles. The van der Waals surface area contributed by atoms with E-state index in [1.807, 2.05) is 68.4 Å². The lowest BCUT2D eigenvalue weighted by Crippen LogP contribution is -2.25. The molecule has 31 heavy (non-hydrogen) atoms. The van der Waals surface area contributed by atoms with Crippen LogP contribution in [0.15, 0.2) is 60.0 Å². The van der Waals surface area contributed by atoms with Crippen molar-refractivity contribution in [2.45, 2.75) is 40.0 Å². The van der Waals surface area contributed by atoms with Crippen molar-refractivity contribution in [3.05, 3.63) is 82.4 Å². The summed E-state index contributed by atoms with van der Waals surface area (Å²) in [5.74, 6) is -0.323. The van der Waals surface area contributed by atoms with Gasteiger partial charge in [-0.2, -0.15) is 0 Å². The number of thiazole rings is 1. The lowest BCUT2D eigenvalue weighted by molar-refractivity contribution is -0.120. The van der Waals surface area contributed by atoms with E-state index in [4.69, 9.17) is 4.74 Å². The summed E-state index contributed by atoms with van der Waals surface area (Å²) in [4.78, 5) is 28.4. The first-order valence-electron chi connectivity index (χ1n) is 10.2. The highest BCUT2D eigenvalue weighted by Gasteiger charge is 2.12. The summed E-state index contributed by atoms with van der Waals surface area (Å²) < 4.78 is 5.84. The van der Waals surface area contributed by atoms with Crippen molar-refractivity contribution >= 4 is 28.3 Å². The van der Waals surface area contributed by atoms with Crippen LogP contribution in [-0.2, 0) is 40.5 Å². The number of nitrogens with zero attached hydrogens (tertiary/aromatic N) is 1. The fourth-order valence-electron chi connectivity index (χ4n) is 2.84. The number of nitrogens with one attached hydrogen (secondary N) is 2. The second-order valence-electron chi connectivity index (χ2n) is 7.49. The van der Waals surface area contributed by atoms with E-state index in [1.54, 1.807) is 5.38 Å². The zero-order valence-electron chi connectivity index (χ0n) is 17.8. The average Bonchev–Trinajstić information content (AvgIpc) is 3.20. The number of carbonyl (C=O) groups excluding carboxylic acids is 2. The van der Waals surface area contributed by atoms with E-state index in [2.05, 4.69) is 15.6 Å². The van der Waals surface area contributed by atoms with Crippen LogP contribution in [-0.4, -0.2) is 16.8 Å². The van der Waals surface area contributed by atoms with Crippen molar-refractivity contribution < 1.29 is 14.3 Å². The van der Waals surface area contributed by atoms with Gasteiger partial charge in [0.15, 0.2) is 5.13 Å². The molecule has 2 amide bonds. The van der Waals surface area contributed by atoms with Gasteiger partial charge in [0.2, 0.25) is 11.8 Å². The molecule has 0 radical (unpaired) electrons. The van der Waals surface area contributed by atoms with Gasteiger partial charge in [0.1, 0.15) is 0 Å². The standard InChI is InChI=1S/C24H27N3O3S/c1-17(2)23(29)27-24-26-21(16-31-24)12-22(28)25-13-19-10-6-7-11-20(19)15-30-14-18-8-4-3-5-9-18/h3-11,16-17H,12-15H2,1-2H3,(H,25,28)(H,26,27,29). The molecule has 0 fully saturated rings. The second kappa shape index (κ2) is 11.4. The molecule has 3 aromatic rings. The van der Waals surface area contributed by atoms with Crippen molar-refractivity contribution in [1.29, 1.82) is 0 Å². The molecule has 0 atom stereocenters. The van der Waals surface area contributed by atoms with Crippen LogP contribution in [0.4, 0.5) is 5.13 Å². The Hall–Kier alpha value is -3.03. The van der Waals surface area contributed by atoms with Gasteiger partial charge in [0, 0.05) is 17.8 Å². The largest absolute Gasteiger partial charge is 0.372 e. The number of hydrogen-bond acceptors (Lipinski definition) is 5. The van der Waals surface area contributed by atoms with Crippen LogP contribution in [0.2, 0.25) is 0 Å². The predicted octanol–water partition coefficient (Wildman–Crippen LogP) is 4.31.